The number of likely N-dealkylation sites (tertiary alicyclic amines) is 1. The number of carbonyl (C=O) groups is 2. The smallest absolute Gasteiger partial charge is 0.238 e. The molecular formula is C29H41N3O4S2. The quantitative estimate of drug-likeness (QED) is 0.360. The van der Waals surface area contributed by atoms with Gasteiger partial charge in [-0.2, -0.15) is 4.31 Å². The number of sulfonamides is 1. The molecule has 208 valence electrons. The predicted molar refractivity (Wildman–Crippen MR) is 154 cm³/mol. The van der Waals surface area contributed by atoms with Crippen molar-refractivity contribution in [1.82, 2.24) is 14.1 Å². The molecule has 0 radical (unpaired) electrons. The normalized spacial score (nSPS) is 14.7. The second-order valence-corrected chi connectivity index (χ2v) is 13.6. The van der Waals surface area contributed by atoms with Crippen LogP contribution in [0, 0.1) is 12.8 Å². The summed E-state index contributed by atoms with van der Waals surface area (Å²) in [5, 5.41) is 0. The minimum atomic E-state index is -3.51. The summed E-state index contributed by atoms with van der Waals surface area (Å²) < 4.78 is 26.8. The number of piperidine rings is 1. The Bertz CT molecular complexity index is 1150. The van der Waals surface area contributed by atoms with Crippen molar-refractivity contribution < 1.29 is 18.0 Å². The largest absolute Gasteiger partial charge is 0.342 e. The van der Waals surface area contributed by atoms with E-state index in [1.165, 1.54) is 16.1 Å². The SMILES string of the molecule is CCS(=O)(=O)N(CC(=O)N(Cc1ccc(C)cc1)C1CCN(C(=O)CSc2ccccc2)CC1)CC(C)C. The van der Waals surface area contributed by atoms with Crippen LogP contribution >= 0.6 is 11.8 Å². The van der Waals surface area contributed by atoms with Gasteiger partial charge in [-0.25, -0.2) is 8.42 Å². The van der Waals surface area contributed by atoms with Crippen LogP contribution in [0.4, 0.5) is 0 Å². The molecule has 1 saturated heterocycles. The topological polar surface area (TPSA) is 78.0 Å². The van der Waals surface area contributed by atoms with Gasteiger partial charge in [0.15, 0.2) is 0 Å². The van der Waals surface area contributed by atoms with Gasteiger partial charge in [0.2, 0.25) is 21.8 Å². The fraction of sp³-hybridized carbons (Fsp3) is 0.517. The number of aryl methyl sites for hydroxylation is 1. The number of rotatable bonds is 12. The summed E-state index contributed by atoms with van der Waals surface area (Å²) in [6, 6.07) is 17.9. The number of amides is 2. The number of hydrogen-bond donors (Lipinski definition) is 0. The van der Waals surface area contributed by atoms with Gasteiger partial charge in [0.1, 0.15) is 0 Å². The third-order valence-electron chi connectivity index (χ3n) is 6.80. The summed E-state index contributed by atoms with van der Waals surface area (Å²) in [6.07, 6.45) is 1.34. The number of thioether (sulfide) groups is 1. The van der Waals surface area contributed by atoms with E-state index < -0.39 is 10.0 Å². The molecule has 0 aromatic heterocycles. The van der Waals surface area contributed by atoms with Crippen molar-refractivity contribution in [1.29, 1.82) is 0 Å². The van der Waals surface area contributed by atoms with E-state index >= 15 is 0 Å². The van der Waals surface area contributed by atoms with Gasteiger partial charge < -0.3 is 9.80 Å². The molecule has 7 nitrogen and oxygen atoms in total. The Kier molecular flexibility index (Phi) is 11.2. The lowest BCUT2D eigenvalue weighted by atomic mass is 10.0. The molecule has 0 N–H and O–H groups in total. The Morgan fingerprint density at radius 2 is 1.66 bits per heavy atom. The van der Waals surface area contributed by atoms with E-state index in [2.05, 4.69) is 0 Å². The molecule has 0 bridgehead atoms. The van der Waals surface area contributed by atoms with Gasteiger partial charge in [-0.15, -0.1) is 11.8 Å². The molecule has 1 aliphatic rings. The third kappa shape index (κ3) is 8.85. The van der Waals surface area contributed by atoms with Crippen LogP contribution < -0.4 is 0 Å². The van der Waals surface area contributed by atoms with E-state index in [0.29, 0.717) is 44.8 Å². The van der Waals surface area contributed by atoms with Crippen LogP contribution in [0.1, 0.15) is 44.7 Å². The molecule has 0 aliphatic carbocycles. The van der Waals surface area contributed by atoms with Crippen LogP contribution in [-0.4, -0.2) is 78.1 Å². The van der Waals surface area contributed by atoms with E-state index in [1.54, 1.807) is 6.92 Å². The Hall–Kier alpha value is -2.36. The van der Waals surface area contributed by atoms with E-state index in [-0.39, 0.29) is 36.1 Å². The molecule has 1 fully saturated rings. The zero-order valence-electron chi connectivity index (χ0n) is 23.0. The highest BCUT2D eigenvalue weighted by atomic mass is 32.2. The summed E-state index contributed by atoms with van der Waals surface area (Å²) in [6.45, 7) is 9.28. The second kappa shape index (κ2) is 14.1. The molecule has 9 heteroatoms. The summed E-state index contributed by atoms with van der Waals surface area (Å²) >= 11 is 1.53. The average Bonchev–Trinajstić information content (AvgIpc) is 2.91. The monoisotopic (exact) mass is 559 g/mol. The van der Waals surface area contributed by atoms with Gasteiger partial charge in [0.05, 0.1) is 18.1 Å². The van der Waals surface area contributed by atoms with Crippen LogP contribution in [0.15, 0.2) is 59.5 Å². The molecule has 0 saturated carbocycles. The standard InChI is InChI=1S/C29H41N3O4S2/c1-5-38(35,36)31(19-23(2)3)21-28(33)32(20-25-13-11-24(4)12-14-25)26-15-17-30(18-16-26)29(34)22-37-27-9-7-6-8-10-27/h6-14,23,26H,5,15-22H2,1-4H3. The fourth-order valence-corrected chi connectivity index (χ4v) is 6.62. The first-order chi connectivity index (χ1) is 18.1. The van der Waals surface area contributed by atoms with Crippen molar-refractivity contribution in [2.24, 2.45) is 5.92 Å². The lowest BCUT2D eigenvalue weighted by Crippen LogP contribution is -2.52. The number of benzene rings is 2. The highest BCUT2D eigenvalue weighted by Crippen LogP contribution is 2.23. The highest BCUT2D eigenvalue weighted by molar-refractivity contribution is 8.00. The van der Waals surface area contributed by atoms with Crippen LogP contribution in [-0.2, 0) is 26.2 Å². The second-order valence-electron chi connectivity index (χ2n) is 10.3. The Morgan fingerprint density at radius 1 is 1.03 bits per heavy atom. The molecule has 0 spiro atoms. The molecule has 3 rings (SSSR count). The van der Waals surface area contributed by atoms with Crippen molar-refractivity contribution in [3.05, 3.63) is 65.7 Å². The molecule has 2 amide bonds. The average molecular weight is 560 g/mol. The minimum absolute atomic E-state index is 0.0353. The predicted octanol–water partition coefficient (Wildman–Crippen LogP) is 4.41. The molecule has 0 atom stereocenters. The maximum Gasteiger partial charge on any atom is 0.238 e. The Balaban J connectivity index is 1.70. The lowest BCUT2D eigenvalue weighted by molar-refractivity contribution is -0.136. The summed E-state index contributed by atoms with van der Waals surface area (Å²) in [5.74, 6) is 0.378. The zero-order chi connectivity index (χ0) is 27.7. The molecule has 2 aromatic carbocycles. The summed E-state index contributed by atoms with van der Waals surface area (Å²) in [7, 11) is -3.51. The van der Waals surface area contributed by atoms with Crippen LogP contribution in [0.2, 0.25) is 0 Å². The number of hydrogen-bond acceptors (Lipinski definition) is 5. The first-order valence-corrected chi connectivity index (χ1v) is 16.0. The van der Waals surface area contributed by atoms with E-state index in [4.69, 9.17) is 0 Å². The Morgan fingerprint density at radius 3 is 2.24 bits per heavy atom. The van der Waals surface area contributed by atoms with Gasteiger partial charge >= 0.3 is 0 Å². The summed E-state index contributed by atoms with van der Waals surface area (Å²) in [5.41, 5.74) is 2.15. The first kappa shape index (κ1) is 30.2. The fourth-order valence-electron chi connectivity index (χ4n) is 4.60. The van der Waals surface area contributed by atoms with Gasteiger partial charge in [-0.1, -0.05) is 61.9 Å². The van der Waals surface area contributed by atoms with Crippen molar-refractivity contribution in [3.63, 3.8) is 0 Å². The third-order valence-corrected chi connectivity index (χ3v) is 9.59. The van der Waals surface area contributed by atoms with Gasteiger partial charge in [0.25, 0.3) is 0 Å². The van der Waals surface area contributed by atoms with Crippen LogP contribution in [0.3, 0.4) is 0 Å². The van der Waals surface area contributed by atoms with Crippen molar-refractivity contribution >= 4 is 33.6 Å². The molecule has 2 aromatic rings. The zero-order valence-corrected chi connectivity index (χ0v) is 24.6. The van der Waals surface area contributed by atoms with E-state index in [9.17, 15) is 18.0 Å². The molecule has 1 aliphatic heterocycles. The highest BCUT2D eigenvalue weighted by Gasteiger charge is 2.32. The van der Waals surface area contributed by atoms with E-state index in [1.807, 2.05) is 85.2 Å². The molecular weight excluding hydrogens is 518 g/mol. The summed E-state index contributed by atoms with van der Waals surface area (Å²) in [4.78, 5) is 31.3. The first-order valence-electron chi connectivity index (χ1n) is 13.4. The molecule has 1 heterocycles. The van der Waals surface area contributed by atoms with Crippen molar-refractivity contribution in [3.8, 4) is 0 Å². The van der Waals surface area contributed by atoms with Crippen LogP contribution in [0.5, 0.6) is 0 Å². The van der Waals surface area contributed by atoms with Crippen molar-refractivity contribution in [2.75, 3.05) is 37.7 Å². The number of carbonyl (C=O) groups excluding carboxylic acids is 2. The molecule has 38 heavy (non-hydrogen) atoms. The lowest BCUT2D eigenvalue weighted by Gasteiger charge is -2.39. The number of nitrogens with zero attached hydrogens (tertiary/aromatic N) is 3. The Labute approximate surface area is 232 Å². The van der Waals surface area contributed by atoms with E-state index in [0.717, 1.165) is 16.0 Å². The van der Waals surface area contributed by atoms with Gasteiger partial charge in [-0.3, -0.25) is 9.59 Å². The van der Waals surface area contributed by atoms with Crippen LogP contribution in [0.25, 0.3) is 0 Å². The molecule has 0 unspecified atom stereocenters. The minimum Gasteiger partial charge on any atom is -0.342 e. The maximum absolute atomic E-state index is 13.7. The maximum atomic E-state index is 13.7. The van der Waals surface area contributed by atoms with Gasteiger partial charge in [0, 0.05) is 37.1 Å². The van der Waals surface area contributed by atoms with Gasteiger partial charge in [-0.05, 0) is 50.3 Å². The van der Waals surface area contributed by atoms with Crippen molar-refractivity contribution in [2.45, 2.75) is 58.0 Å².